The third kappa shape index (κ3) is 4.55. The van der Waals surface area contributed by atoms with Crippen molar-refractivity contribution in [2.24, 2.45) is 15.8 Å². The van der Waals surface area contributed by atoms with Gasteiger partial charge in [-0.3, -0.25) is 4.99 Å². The summed E-state index contributed by atoms with van der Waals surface area (Å²) in [6, 6.07) is 0. The second kappa shape index (κ2) is 9.03. The first-order valence-electron chi connectivity index (χ1n) is 9.31. The van der Waals surface area contributed by atoms with E-state index in [1.165, 1.54) is 32.1 Å². The van der Waals surface area contributed by atoms with Gasteiger partial charge in [-0.05, 0) is 44.4 Å². The molecule has 5 nitrogen and oxygen atoms in total. The number of methoxy groups -OCH3 is 1. The Balaban J connectivity index is 0.00000208. The summed E-state index contributed by atoms with van der Waals surface area (Å²) in [4.78, 5) is 7.49. The first-order valence-corrected chi connectivity index (χ1v) is 9.31. The molecule has 1 atom stereocenters. The van der Waals surface area contributed by atoms with Gasteiger partial charge >= 0.3 is 0 Å². The van der Waals surface area contributed by atoms with Gasteiger partial charge in [-0.1, -0.05) is 6.42 Å². The van der Waals surface area contributed by atoms with Crippen LogP contribution in [0.1, 0.15) is 45.4 Å². The molecule has 1 aliphatic carbocycles. The van der Waals surface area contributed by atoms with Crippen LogP contribution in [0.15, 0.2) is 4.99 Å². The number of hydrogen-bond donors (Lipinski definition) is 1. The predicted molar refractivity (Wildman–Crippen MR) is 108 cm³/mol. The van der Waals surface area contributed by atoms with Crippen molar-refractivity contribution >= 4 is 29.9 Å². The van der Waals surface area contributed by atoms with E-state index in [1.54, 1.807) is 7.11 Å². The number of likely N-dealkylation sites (tertiary alicyclic amines) is 1. The first-order chi connectivity index (χ1) is 11.2. The van der Waals surface area contributed by atoms with Gasteiger partial charge in [-0.25, -0.2) is 0 Å². The molecule has 6 heteroatoms. The van der Waals surface area contributed by atoms with Gasteiger partial charge < -0.3 is 19.7 Å². The summed E-state index contributed by atoms with van der Waals surface area (Å²) in [7, 11) is 1.80. The molecule has 140 valence electrons. The van der Waals surface area contributed by atoms with Crippen molar-refractivity contribution in [3.63, 3.8) is 0 Å². The van der Waals surface area contributed by atoms with Crippen LogP contribution in [-0.2, 0) is 9.47 Å². The predicted octanol–water partition coefficient (Wildman–Crippen LogP) is 2.89. The lowest BCUT2D eigenvalue weighted by Crippen LogP contribution is -2.43. The highest BCUT2D eigenvalue weighted by molar-refractivity contribution is 14.0. The van der Waals surface area contributed by atoms with Gasteiger partial charge in [-0.2, -0.15) is 0 Å². The summed E-state index contributed by atoms with van der Waals surface area (Å²) < 4.78 is 11.0. The number of ether oxygens (including phenoxy) is 2. The van der Waals surface area contributed by atoms with E-state index in [9.17, 15) is 0 Å². The smallest absolute Gasteiger partial charge is 0.193 e. The zero-order valence-corrected chi connectivity index (χ0v) is 17.6. The van der Waals surface area contributed by atoms with Gasteiger partial charge in [0.1, 0.15) is 0 Å². The van der Waals surface area contributed by atoms with E-state index in [-0.39, 0.29) is 24.0 Å². The zero-order chi connectivity index (χ0) is 16.2. The molecule has 3 rings (SSSR count). The van der Waals surface area contributed by atoms with Gasteiger partial charge in [0.15, 0.2) is 5.96 Å². The summed E-state index contributed by atoms with van der Waals surface area (Å²) in [5.41, 5.74) is 0.783. The molecule has 0 radical (unpaired) electrons. The zero-order valence-electron chi connectivity index (χ0n) is 15.3. The molecule has 1 spiro atoms. The second-order valence-corrected chi connectivity index (χ2v) is 7.74. The maximum absolute atomic E-state index is 5.65. The van der Waals surface area contributed by atoms with Crippen molar-refractivity contribution < 1.29 is 9.47 Å². The molecule has 0 bridgehead atoms. The average Bonchev–Trinajstić information content (AvgIpc) is 3.15. The van der Waals surface area contributed by atoms with E-state index in [0.717, 1.165) is 58.4 Å². The molecular formula is C18H34IN3O2. The molecule has 0 aromatic heterocycles. The van der Waals surface area contributed by atoms with E-state index in [1.807, 2.05) is 0 Å². The fourth-order valence-corrected chi connectivity index (χ4v) is 4.24. The van der Waals surface area contributed by atoms with Crippen LogP contribution in [0.25, 0.3) is 0 Å². The van der Waals surface area contributed by atoms with Gasteiger partial charge in [0, 0.05) is 51.9 Å². The molecule has 2 aliphatic heterocycles. The Morgan fingerprint density at radius 2 is 2.12 bits per heavy atom. The van der Waals surface area contributed by atoms with Crippen LogP contribution in [0.4, 0.5) is 0 Å². The van der Waals surface area contributed by atoms with Crippen molar-refractivity contribution in [1.29, 1.82) is 0 Å². The highest BCUT2D eigenvalue weighted by Gasteiger charge is 2.42. The number of aliphatic imine (C=N–C) groups is 1. The fourth-order valence-electron chi connectivity index (χ4n) is 4.24. The van der Waals surface area contributed by atoms with Gasteiger partial charge in [-0.15, -0.1) is 24.0 Å². The number of nitrogens with one attached hydrogen (secondary N) is 1. The molecule has 0 aromatic rings. The van der Waals surface area contributed by atoms with E-state index in [2.05, 4.69) is 17.1 Å². The maximum atomic E-state index is 5.65. The molecule has 1 N–H and O–H groups in total. The molecule has 0 amide bonds. The molecule has 2 heterocycles. The van der Waals surface area contributed by atoms with Gasteiger partial charge in [0.25, 0.3) is 0 Å². The SMILES string of the molecule is CCNC(=NCC1(CCOC)CCC1)N1CCC2(CCOC2)C1.I. The molecule has 24 heavy (non-hydrogen) atoms. The van der Waals surface area contributed by atoms with Crippen molar-refractivity contribution in [2.75, 3.05) is 53.1 Å². The Bertz CT molecular complexity index is 420. The van der Waals surface area contributed by atoms with Crippen LogP contribution >= 0.6 is 24.0 Å². The van der Waals surface area contributed by atoms with E-state index in [0.29, 0.717) is 10.8 Å². The Morgan fingerprint density at radius 1 is 1.29 bits per heavy atom. The molecule has 3 aliphatic rings. The van der Waals surface area contributed by atoms with Crippen LogP contribution in [0.3, 0.4) is 0 Å². The topological polar surface area (TPSA) is 46.1 Å². The van der Waals surface area contributed by atoms with Crippen LogP contribution in [0, 0.1) is 10.8 Å². The van der Waals surface area contributed by atoms with Gasteiger partial charge in [0.05, 0.1) is 6.61 Å². The van der Waals surface area contributed by atoms with E-state index < -0.39 is 0 Å². The Labute approximate surface area is 164 Å². The third-order valence-electron chi connectivity index (χ3n) is 6.07. The highest BCUT2D eigenvalue weighted by atomic mass is 127. The summed E-state index contributed by atoms with van der Waals surface area (Å²) in [6.45, 7) is 8.97. The summed E-state index contributed by atoms with van der Waals surface area (Å²) in [6.07, 6.45) is 7.55. The van der Waals surface area contributed by atoms with Gasteiger partial charge in [0.2, 0.25) is 0 Å². The van der Waals surface area contributed by atoms with Crippen LogP contribution in [0.2, 0.25) is 0 Å². The quantitative estimate of drug-likeness (QED) is 0.383. The fraction of sp³-hybridized carbons (Fsp3) is 0.944. The highest BCUT2D eigenvalue weighted by Crippen LogP contribution is 2.44. The molecule has 1 unspecified atom stereocenters. The summed E-state index contributed by atoms with van der Waals surface area (Å²) >= 11 is 0. The Morgan fingerprint density at radius 3 is 2.71 bits per heavy atom. The normalized spacial score (nSPS) is 28.8. The molecule has 1 saturated carbocycles. The van der Waals surface area contributed by atoms with E-state index >= 15 is 0 Å². The van der Waals surface area contributed by atoms with Crippen molar-refractivity contribution in [3.8, 4) is 0 Å². The number of rotatable bonds is 6. The number of guanidine groups is 1. The second-order valence-electron chi connectivity index (χ2n) is 7.74. The minimum atomic E-state index is 0. The molecular weight excluding hydrogens is 417 g/mol. The third-order valence-corrected chi connectivity index (χ3v) is 6.07. The lowest BCUT2D eigenvalue weighted by atomic mass is 9.67. The molecule has 2 saturated heterocycles. The van der Waals surface area contributed by atoms with Crippen LogP contribution < -0.4 is 5.32 Å². The standard InChI is InChI=1S/C18H33N3O2.HI/c1-3-19-16(20-13-17(5-4-6-17)8-11-22-2)21-10-7-18(14-21)9-12-23-15-18;/h3-15H2,1-2H3,(H,19,20);1H. The van der Waals surface area contributed by atoms with Crippen molar-refractivity contribution in [2.45, 2.75) is 45.4 Å². The largest absolute Gasteiger partial charge is 0.385 e. The Kier molecular flexibility index (Phi) is 7.61. The Hall–Kier alpha value is -0.0800. The van der Waals surface area contributed by atoms with Crippen LogP contribution in [-0.4, -0.2) is 64.0 Å². The lowest BCUT2D eigenvalue weighted by molar-refractivity contribution is 0.0776. The molecule has 3 fully saturated rings. The molecule has 0 aromatic carbocycles. The monoisotopic (exact) mass is 451 g/mol. The lowest BCUT2D eigenvalue weighted by Gasteiger charge is -2.41. The van der Waals surface area contributed by atoms with Crippen molar-refractivity contribution in [3.05, 3.63) is 0 Å². The average molecular weight is 451 g/mol. The van der Waals surface area contributed by atoms with Crippen molar-refractivity contribution in [1.82, 2.24) is 10.2 Å². The maximum Gasteiger partial charge on any atom is 0.193 e. The first kappa shape index (κ1) is 20.2. The van der Waals surface area contributed by atoms with Crippen LogP contribution in [0.5, 0.6) is 0 Å². The summed E-state index contributed by atoms with van der Waals surface area (Å²) in [5.74, 6) is 1.11. The number of nitrogens with zero attached hydrogens (tertiary/aromatic N) is 2. The minimum Gasteiger partial charge on any atom is -0.385 e. The number of halogens is 1. The number of hydrogen-bond acceptors (Lipinski definition) is 3. The minimum absolute atomic E-state index is 0. The summed E-state index contributed by atoms with van der Waals surface area (Å²) in [5, 5.41) is 3.51. The van der Waals surface area contributed by atoms with E-state index in [4.69, 9.17) is 14.5 Å².